The minimum atomic E-state index is 0.597. The number of para-hydroxylation sites is 1. The first kappa shape index (κ1) is 30.7. The maximum atomic E-state index is 6.50. The second-order valence-corrected chi connectivity index (χ2v) is 14.7. The van der Waals surface area contributed by atoms with Crippen molar-refractivity contribution < 1.29 is 4.42 Å². The maximum absolute atomic E-state index is 6.50. The molecule has 4 nitrogen and oxygen atoms in total. The summed E-state index contributed by atoms with van der Waals surface area (Å²) in [5.41, 5.74) is 8.90. The van der Waals surface area contributed by atoms with Crippen LogP contribution in [0.2, 0.25) is 0 Å². The molecule has 0 fully saturated rings. The fourth-order valence-electron chi connectivity index (χ4n) is 7.64. The Balaban J connectivity index is 1.15. The van der Waals surface area contributed by atoms with E-state index in [-0.39, 0.29) is 0 Å². The Morgan fingerprint density at radius 2 is 0.926 bits per heavy atom. The number of rotatable bonds is 5. The third-order valence-electron chi connectivity index (χ3n) is 10.3. The van der Waals surface area contributed by atoms with Crippen LogP contribution in [0.5, 0.6) is 0 Å². The Bertz CT molecular complexity index is 3220. The Kier molecular flexibility index (Phi) is 7.00. The van der Waals surface area contributed by atoms with E-state index < -0.39 is 0 Å². The molecule has 0 amide bonds. The highest BCUT2D eigenvalue weighted by atomic mass is 32.1. The van der Waals surface area contributed by atoms with Crippen molar-refractivity contribution in [3.8, 4) is 56.4 Å². The SMILES string of the molecule is c1ccc(-c2ccc3cc(-c4nc(-c5ccc6c(c5)sc5ccccc56)nc(-c5cc(-c6ccccc6)cc6oc7ccccc7c56)n4)ccc3c2)cc1. The number of nitrogens with zero attached hydrogens (tertiary/aromatic N) is 3. The second-order valence-electron chi connectivity index (χ2n) is 13.6. The zero-order valence-electron chi connectivity index (χ0n) is 28.9. The monoisotopic (exact) mass is 707 g/mol. The van der Waals surface area contributed by atoms with Crippen LogP contribution in [0.15, 0.2) is 180 Å². The Labute approximate surface area is 314 Å². The molecule has 0 bridgehead atoms. The van der Waals surface area contributed by atoms with E-state index in [9.17, 15) is 0 Å². The topological polar surface area (TPSA) is 51.8 Å². The predicted octanol–water partition coefficient (Wildman–Crippen LogP) is 13.6. The maximum Gasteiger partial charge on any atom is 0.164 e. The van der Waals surface area contributed by atoms with E-state index in [0.717, 1.165) is 60.5 Å². The molecule has 0 N–H and O–H groups in total. The van der Waals surface area contributed by atoms with Crippen LogP contribution in [0.3, 0.4) is 0 Å². The summed E-state index contributed by atoms with van der Waals surface area (Å²) < 4.78 is 8.97. The summed E-state index contributed by atoms with van der Waals surface area (Å²) >= 11 is 1.79. The van der Waals surface area contributed by atoms with Gasteiger partial charge in [-0.05, 0) is 75.5 Å². The largest absolute Gasteiger partial charge is 0.456 e. The first-order valence-corrected chi connectivity index (χ1v) is 18.8. The summed E-state index contributed by atoms with van der Waals surface area (Å²) in [5, 5.41) is 6.79. The standard InChI is InChI=1S/C49H29N3OS/c1-3-11-30(12-4-1)32-19-20-34-26-35(22-21-33(34)25-32)47-50-48(36-23-24-39-38-15-8-10-18-44(38)54-45(39)29-36)52-49(51-47)41-27-37(31-13-5-2-6-14-31)28-43-46(41)40-16-7-9-17-42(40)53-43/h1-29H. The molecule has 5 heteroatoms. The van der Waals surface area contributed by atoms with Crippen molar-refractivity contribution in [3.05, 3.63) is 176 Å². The van der Waals surface area contributed by atoms with E-state index in [2.05, 4.69) is 152 Å². The molecule has 11 rings (SSSR count). The summed E-state index contributed by atoms with van der Waals surface area (Å²) in [6, 6.07) is 61.6. The van der Waals surface area contributed by atoms with Gasteiger partial charge in [-0.1, -0.05) is 133 Å². The van der Waals surface area contributed by atoms with E-state index >= 15 is 0 Å². The van der Waals surface area contributed by atoms with Crippen LogP contribution in [0.1, 0.15) is 0 Å². The number of benzene rings is 8. The Morgan fingerprint density at radius 3 is 1.70 bits per heavy atom. The van der Waals surface area contributed by atoms with Crippen molar-refractivity contribution >= 4 is 64.2 Å². The van der Waals surface area contributed by atoms with Crippen LogP contribution in [0.25, 0.3) is 109 Å². The lowest BCUT2D eigenvalue weighted by Crippen LogP contribution is -2.01. The smallest absolute Gasteiger partial charge is 0.164 e. The van der Waals surface area contributed by atoms with Gasteiger partial charge in [-0.3, -0.25) is 0 Å². The van der Waals surface area contributed by atoms with Crippen molar-refractivity contribution in [1.29, 1.82) is 0 Å². The van der Waals surface area contributed by atoms with E-state index in [1.807, 2.05) is 24.3 Å². The average Bonchev–Trinajstić information content (AvgIpc) is 3.81. The van der Waals surface area contributed by atoms with E-state index in [1.165, 1.54) is 31.3 Å². The van der Waals surface area contributed by atoms with Gasteiger partial charge in [0.1, 0.15) is 11.2 Å². The number of thiophene rings is 1. The van der Waals surface area contributed by atoms with Crippen molar-refractivity contribution in [2.24, 2.45) is 0 Å². The molecule has 0 aliphatic rings. The van der Waals surface area contributed by atoms with Gasteiger partial charge in [-0.25, -0.2) is 15.0 Å². The van der Waals surface area contributed by atoms with Crippen LogP contribution in [-0.4, -0.2) is 15.0 Å². The van der Waals surface area contributed by atoms with Gasteiger partial charge in [-0.15, -0.1) is 11.3 Å². The van der Waals surface area contributed by atoms with Crippen molar-refractivity contribution in [2.75, 3.05) is 0 Å². The van der Waals surface area contributed by atoms with Crippen LogP contribution in [-0.2, 0) is 0 Å². The van der Waals surface area contributed by atoms with Crippen molar-refractivity contribution in [3.63, 3.8) is 0 Å². The zero-order chi connectivity index (χ0) is 35.6. The third-order valence-corrected chi connectivity index (χ3v) is 11.4. The van der Waals surface area contributed by atoms with Crippen LogP contribution in [0.4, 0.5) is 0 Å². The Morgan fingerprint density at radius 1 is 0.352 bits per heavy atom. The molecule has 0 spiro atoms. The van der Waals surface area contributed by atoms with E-state index in [4.69, 9.17) is 19.4 Å². The van der Waals surface area contributed by atoms with E-state index in [1.54, 1.807) is 11.3 Å². The van der Waals surface area contributed by atoms with Gasteiger partial charge in [0.05, 0.1) is 0 Å². The van der Waals surface area contributed by atoms with Crippen molar-refractivity contribution in [2.45, 2.75) is 0 Å². The fraction of sp³-hybridized carbons (Fsp3) is 0. The first-order chi connectivity index (χ1) is 26.7. The van der Waals surface area contributed by atoms with Gasteiger partial charge < -0.3 is 4.42 Å². The summed E-state index contributed by atoms with van der Waals surface area (Å²) in [5.74, 6) is 1.84. The number of hydrogen-bond donors (Lipinski definition) is 0. The Hall–Kier alpha value is -6.95. The molecule has 0 atom stereocenters. The number of aromatic nitrogens is 3. The van der Waals surface area contributed by atoms with Gasteiger partial charge in [0.2, 0.25) is 0 Å². The number of fused-ring (bicyclic) bond motifs is 7. The van der Waals surface area contributed by atoms with Gasteiger partial charge in [-0.2, -0.15) is 0 Å². The summed E-state index contributed by atoms with van der Waals surface area (Å²) in [4.78, 5) is 15.8. The van der Waals surface area contributed by atoms with Gasteiger partial charge in [0.25, 0.3) is 0 Å². The minimum absolute atomic E-state index is 0.597. The minimum Gasteiger partial charge on any atom is -0.456 e. The quantitative estimate of drug-likeness (QED) is 0.179. The van der Waals surface area contributed by atoms with Gasteiger partial charge in [0.15, 0.2) is 17.5 Å². The van der Waals surface area contributed by atoms with Crippen LogP contribution in [0, 0.1) is 0 Å². The molecule has 0 aliphatic carbocycles. The molecular weight excluding hydrogens is 679 g/mol. The molecule has 0 aliphatic heterocycles. The molecule has 8 aromatic carbocycles. The van der Waals surface area contributed by atoms with Crippen molar-refractivity contribution in [1.82, 2.24) is 15.0 Å². The summed E-state index contributed by atoms with van der Waals surface area (Å²) in [6.07, 6.45) is 0. The second kappa shape index (κ2) is 12.3. The van der Waals surface area contributed by atoms with Gasteiger partial charge >= 0.3 is 0 Å². The molecule has 0 radical (unpaired) electrons. The average molecular weight is 708 g/mol. The molecule has 3 heterocycles. The van der Waals surface area contributed by atoms with Gasteiger partial charge in [0, 0.05) is 47.6 Å². The molecular formula is C49H29N3OS. The molecule has 54 heavy (non-hydrogen) atoms. The number of furan rings is 1. The van der Waals surface area contributed by atoms with Crippen LogP contribution < -0.4 is 0 Å². The highest BCUT2D eigenvalue weighted by Gasteiger charge is 2.20. The molecule has 0 saturated carbocycles. The summed E-state index contributed by atoms with van der Waals surface area (Å²) in [7, 11) is 0. The number of hydrogen-bond acceptors (Lipinski definition) is 5. The zero-order valence-corrected chi connectivity index (χ0v) is 29.7. The van der Waals surface area contributed by atoms with E-state index in [0.29, 0.717) is 17.5 Å². The van der Waals surface area contributed by atoms with Crippen LogP contribution >= 0.6 is 11.3 Å². The highest BCUT2D eigenvalue weighted by Crippen LogP contribution is 2.41. The normalized spacial score (nSPS) is 11.7. The third kappa shape index (κ3) is 5.17. The predicted molar refractivity (Wildman–Crippen MR) is 225 cm³/mol. The summed E-state index contributed by atoms with van der Waals surface area (Å²) in [6.45, 7) is 0. The lowest BCUT2D eigenvalue weighted by molar-refractivity contribution is 0.669. The molecule has 3 aromatic heterocycles. The lowest BCUT2D eigenvalue weighted by Gasteiger charge is -2.12. The first-order valence-electron chi connectivity index (χ1n) is 18.0. The fourth-order valence-corrected chi connectivity index (χ4v) is 8.79. The molecule has 0 saturated heterocycles. The molecule has 252 valence electrons. The highest BCUT2D eigenvalue weighted by molar-refractivity contribution is 7.25. The molecule has 11 aromatic rings. The lowest BCUT2D eigenvalue weighted by atomic mass is 9.98. The molecule has 0 unspecified atom stereocenters.